The average molecular weight is 456 g/mol. The van der Waals surface area contributed by atoms with Crippen LogP contribution in [0.3, 0.4) is 0 Å². The van der Waals surface area contributed by atoms with E-state index in [-0.39, 0.29) is 22.3 Å². The second-order valence-electron chi connectivity index (χ2n) is 6.93. The van der Waals surface area contributed by atoms with Gasteiger partial charge in [-0.05, 0) is 42.0 Å². The number of fused-ring (bicyclic) bond motifs is 1. The highest BCUT2D eigenvalue weighted by atomic mass is 32.2. The first-order chi connectivity index (χ1) is 15.3. The Balaban J connectivity index is 1.66. The molecule has 8 heteroatoms. The molecular weight excluding hydrogens is 440 g/mol. The van der Waals surface area contributed by atoms with Gasteiger partial charge in [-0.3, -0.25) is 4.79 Å². The van der Waals surface area contributed by atoms with Gasteiger partial charge in [0, 0.05) is 16.8 Å². The zero-order valence-electron chi connectivity index (χ0n) is 16.5. The van der Waals surface area contributed by atoms with E-state index in [0.29, 0.717) is 22.0 Å². The summed E-state index contributed by atoms with van der Waals surface area (Å²) in [4.78, 5) is 17.4. The minimum absolute atomic E-state index is 0.000418. The number of amides is 1. The van der Waals surface area contributed by atoms with Crippen molar-refractivity contribution in [2.24, 2.45) is 0 Å². The molecule has 32 heavy (non-hydrogen) atoms. The van der Waals surface area contributed by atoms with Crippen LogP contribution in [0.4, 0.5) is 17.6 Å². The number of para-hydroxylation sites is 1. The van der Waals surface area contributed by atoms with Crippen LogP contribution in [0.5, 0.6) is 0 Å². The molecule has 0 bridgehead atoms. The van der Waals surface area contributed by atoms with Gasteiger partial charge < -0.3 is 5.32 Å². The Bertz CT molecular complexity index is 1270. The molecule has 0 aliphatic rings. The molecule has 0 saturated carbocycles. The Labute approximate surface area is 185 Å². The molecule has 162 valence electrons. The molecule has 3 nitrogen and oxygen atoms in total. The van der Waals surface area contributed by atoms with Crippen molar-refractivity contribution >= 4 is 28.6 Å². The Morgan fingerprint density at radius 1 is 0.938 bits per heavy atom. The lowest BCUT2D eigenvalue weighted by Gasteiger charge is -2.13. The van der Waals surface area contributed by atoms with Gasteiger partial charge in [-0.2, -0.15) is 13.2 Å². The van der Waals surface area contributed by atoms with E-state index in [1.54, 1.807) is 36.4 Å². The van der Waals surface area contributed by atoms with E-state index in [1.165, 1.54) is 36.4 Å². The summed E-state index contributed by atoms with van der Waals surface area (Å²) in [5.41, 5.74) is 0.743. The number of halogens is 4. The Hall–Kier alpha value is -3.39. The van der Waals surface area contributed by atoms with Gasteiger partial charge in [-0.1, -0.05) is 54.2 Å². The molecule has 0 fully saturated rings. The molecule has 3 aromatic carbocycles. The number of carbonyl (C=O) groups is 1. The number of pyridine rings is 1. The van der Waals surface area contributed by atoms with E-state index in [1.807, 2.05) is 0 Å². The molecule has 1 heterocycles. The second kappa shape index (κ2) is 9.00. The standard InChI is InChI=1S/C24H16F4N2OS/c25-16-11-9-15(10-12-16)14-29-23(31)18-13-22(30-20-7-3-1-5-17(18)20)32-21-8-4-2-6-19(21)24(26,27)28/h1-13H,14H2,(H,29,31). The van der Waals surface area contributed by atoms with Gasteiger partial charge in [0.15, 0.2) is 0 Å². The first-order valence-electron chi connectivity index (χ1n) is 9.58. The summed E-state index contributed by atoms with van der Waals surface area (Å²) in [6, 6.07) is 19.4. The number of nitrogens with zero attached hydrogens (tertiary/aromatic N) is 1. The molecule has 0 aliphatic carbocycles. The molecule has 0 spiro atoms. The zero-order valence-corrected chi connectivity index (χ0v) is 17.3. The monoisotopic (exact) mass is 456 g/mol. The number of rotatable bonds is 5. The number of alkyl halides is 3. The highest BCUT2D eigenvalue weighted by Crippen LogP contribution is 2.39. The summed E-state index contributed by atoms with van der Waals surface area (Å²) in [6.07, 6.45) is -4.50. The lowest BCUT2D eigenvalue weighted by molar-refractivity contribution is -0.139. The van der Waals surface area contributed by atoms with Crippen molar-refractivity contribution in [2.45, 2.75) is 22.6 Å². The molecule has 4 aromatic rings. The fraction of sp³-hybridized carbons (Fsp3) is 0.0833. The van der Waals surface area contributed by atoms with Crippen molar-refractivity contribution in [3.05, 3.63) is 101 Å². The molecule has 0 aliphatic heterocycles. The summed E-state index contributed by atoms with van der Waals surface area (Å²) in [7, 11) is 0. The fourth-order valence-corrected chi connectivity index (χ4v) is 4.16. The first kappa shape index (κ1) is 21.8. The molecule has 0 saturated heterocycles. The van der Waals surface area contributed by atoms with Crippen molar-refractivity contribution in [1.29, 1.82) is 0 Å². The summed E-state index contributed by atoms with van der Waals surface area (Å²) >= 11 is 0.851. The van der Waals surface area contributed by atoms with E-state index in [0.717, 1.165) is 17.8 Å². The largest absolute Gasteiger partial charge is 0.417 e. The van der Waals surface area contributed by atoms with Crippen molar-refractivity contribution in [3.63, 3.8) is 0 Å². The van der Waals surface area contributed by atoms with Gasteiger partial charge >= 0.3 is 6.18 Å². The third kappa shape index (κ3) is 4.91. The van der Waals surface area contributed by atoms with E-state index < -0.39 is 17.6 Å². The number of aromatic nitrogens is 1. The molecule has 0 radical (unpaired) electrons. The van der Waals surface area contributed by atoms with Crippen LogP contribution in [0.15, 0.2) is 88.8 Å². The number of carbonyl (C=O) groups excluding carboxylic acids is 1. The van der Waals surface area contributed by atoms with Crippen LogP contribution in [-0.2, 0) is 12.7 Å². The molecular formula is C24H16F4N2OS. The predicted octanol–water partition coefficient (Wildman–Crippen LogP) is 6.47. The summed E-state index contributed by atoms with van der Waals surface area (Å²) in [5.74, 6) is -0.778. The lowest BCUT2D eigenvalue weighted by Crippen LogP contribution is -2.23. The topological polar surface area (TPSA) is 42.0 Å². The Kier molecular flexibility index (Phi) is 6.14. The quantitative estimate of drug-likeness (QED) is 0.350. The van der Waals surface area contributed by atoms with Crippen LogP contribution >= 0.6 is 11.8 Å². The van der Waals surface area contributed by atoms with Crippen molar-refractivity contribution in [3.8, 4) is 0 Å². The van der Waals surface area contributed by atoms with E-state index in [2.05, 4.69) is 10.3 Å². The molecule has 1 aromatic heterocycles. The van der Waals surface area contributed by atoms with E-state index in [9.17, 15) is 22.4 Å². The van der Waals surface area contributed by atoms with Crippen LogP contribution < -0.4 is 5.32 Å². The number of nitrogens with one attached hydrogen (secondary N) is 1. The van der Waals surface area contributed by atoms with Crippen LogP contribution in [0.1, 0.15) is 21.5 Å². The fourth-order valence-electron chi connectivity index (χ4n) is 3.17. The number of hydrogen-bond donors (Lipinski definition) is 1. The van der Waals surface area contributed by atoms with Crippen molar-refractivity contribution in [1.82, 2.24) is 10.3 Å². The highest BCUT2D eigenvalue weighted by molar-refractivity contribution is 7.99. The van der Waals surface area contributed by atoms with Crippen LogP contribution in [0.25, 0.3) is 10.9 Å². The Morgan fingerprint density at radius 2 is 1.62 bits per heavy atom. The van der Waals surface area contributed by atoms with Crippen LogP contribution in [-0.4, -0.2) is 10.9 Å². The van der Waals surface area contributed by atoms with Crippen molar-refractivity contribution < 1.29 is 22.4 Å². The van der Waals surface area contributed by atoms with Gasteiger partial charge in [0.05, 0.1) is 16.6 Å². The third-order valence-corrected chi connectivity index (χ3v) is 5.70. The van der Waals surface area contributed by atoms with Crippen LogP contribution in [0.2, 0.25) is 0 Å². The van der Waals surface area contributed by atoms with Gasteiger partial charge in [-0.15, -0.1) is 0 Å². The smallest absolute Gasteiger partial charge is 0.348 e. The SMILES string of the molecule is O=C(NCc1ccc(F)cc1)c1cc(Sc2ccccc2C(F)(F)F)nc2ccccc12. The van der Waals surface area contributed by atoms with Crippen LogP contribution in [0, 0.1) is 5.82 Å². The summed E-state index contributed by atoms with van der Waals surface area (Å²) in [5, 5.41) is 3.63. The molecule has 1 N–H and O–H groups in total. The van der Waals surface area contributed by atoms with E-state index >= 15 is 0 Å². The zero-order chi connectivity index (χ0) is 22.7. The third-order valence-electron chi connectivity index (χ3n) is 4.71. The summed E-state index contributed by atoms with van der Waals surface area (Å²) in [6.45, 7) is 0.176. The molecule has 4 rings (SSSR count). The lowest BCUT2D eigenvalue weighted by atomic mass is 10.1. The van der Waals surface area contributed by atoms with Gasteiger partial charge in [-0.25, -0.2) is 9.37 Å². The minimum Gasteiger partial charge on any atom is -0.348 e. The molecule has 0 atom stereocenters. The molecule has 0 unspecified atom stereocenters. The van der Waals surface area contributed by atoms with Gasteiger partial charge in [0.1, 0.15) is 10.8 Å². The highest BCUT2D eigenvalue weighted by Gasteiger charge is 2.33. The van der Waals surface area contributed by atoms with Gasteiger partial charge in [0.25, 0.3) is 5.91 Å². The minimum atomic E-state index is -4.50. The first-order valence-corrected chi connectivity index (χ1v) is 10.4. The maximum absolute atomic E-state index is 13.4. The van der Waals surface area contributed by atoms with Crippen molar-refractivity contribution in [2.75, 3.05) is 0 Å². The predicted molar refractivity (Wildman–Crippen MR) is 115 cm³/mol. The summed E-state index contributed by atoms with van der Waals surface area (Å²) < 4.78 is 53.2. The normalized spacial score (nSPS) is 11.5. The number of hydrogen-bond acceptors (Lipinski definition) is 3. The van der Waals surface area contributed by atoms with E-state index in [4.69, 9.17) is 0 Å². The second-order valence-corrected chi connectivity index (χ2v) is 7.99. The maximum atomic E-state index is 13.4. The van der Waals surface area contributed by atoms with Gasteiger partial charge in [0.2, 0.25) is 0 Å². The average Bonchev–Trinajstić information content (AvgIpc) is 2.77. The maximum Gasteiger partial charge on any atom is 0.417 e. The Morgan fingerprint density at radius 3 is 2.38 bits per heavy atom. The molecule has 1 amide bonds. The number of benzene rings is 3.